The highest BCUT2D eigenvalue weighted by atomic mass is 19.1. The molecule has 272 valence electrons. The van der Waals surface area contributed by atoms with Crippen LogP contribution in [0.4, 0.5) is 20.4 Å². The third-order valence-corrected chi connectivity index (χ3v) is 10.3. The van der Waals surface area contributed by atoms with Crippen LogP contribution in [-0.4, -0.2) is 96.7 Å². The molecule has 12 heteroatoms. The SMILES string of the molecule is CCOC(=O)C1C(C)=Nc2c(c(N3CCN(C(c4ccc(F)cc4)c4ccc(F)cc4)CC3)nc(=O)n2CCN2CCOCC2)C1c1ccccc1. The minimum Gasteiger partial charge on any atom is -0.465 e. The number of hydrogen-bond acceptors (Lipinski definition) is 9. The van der Waals surface area contributed by atoms with E-state index in [0.29, 0.717) is 69.8 Å². The van der Waals surface area contributed by atoms with Crippen molar-refractivity contribution in [3.8, 4) is 0 Å². The predicted molar refractivity (Wildman–Crippen MR) is 195 cm³/mol. The van der Waals surface area contributed by atoms with Crippen molar-refractivity contribution in [1.82, 2.24) is 19.4 Å². The van der Waals surface area contributed by atoms with Crippen molar-refractivity contribution >= 4 is 23.3 Å². The molecule has 4 heterocycles. The number of ether oxygens (including phenoxy) is 2. The molecule has 2 fully saturated rings. The fourth-order valence-electron chi connectivity index (χ4n) is 7.75. The molecule has 0 amide bonds. The molecule has 2 unspecified atom stereocenters. The molecular weight excluding hydrogens is 666 g/mol. The van der Waals surface area contributed by atoms with Crippen LogP contribution in [0.2, 0.25) is 0 Å². The van der Waals surface area contributed by atoms with Crippen LogP contribution >= 0.6 is 0 Å². The minimum atomic E-state index is -0.705. The molecule has 0 bridgehead atoms. The van der Waals surface area contributed by atoms with E-state index in [2.05, 4.69) is 14.7 Å². The Balaban J connectivity index is 1.28. The molecule has 10 nitrogen and oxygen atoms in total. The van der Waals surface area contributed by atoms with E-state index in [1.807, 2.05) is 37.3 Å². The summed E-state index contributed by atoms with van der Waals surface area (Å²) in [7, 11) is 0. The molecule has 4 aromatic rings. The Morgan fingerprint density at radius 3 is 2.08 bits per heavy atom. The summed E-state index contributed by atoms with van der Waals surface area (Å²) >= 11 is 0. The first-order valence-corrected chi connectivity index (χ1v) is 18.0. The summed E-state index contributed by atoms with van der Waals surface area (Å²) in [5.41, 5.74) is 3.63. The van der Waals surface area contributed by atoms with Gasteiger partial charge >= 0.3 is 11.7 Å². The smallest absolute Gasteiger partial charge is 0.351 e. The Labute approximate surface area is 302 Å². The van der Waals surface area contributed by atoms with Gasteiger partial charge in [-0.2, -0.15) is 4.98 Å². The van der Waals surface area contributed by atoms with E-state index in [9.17, 15) is 18.4 Å². The zero-order chi connectivity index (χ0) is 36.2. The van der Waals surface area contributed by atoms with Crippen LogP contribution in [0.3, 0.4) is 0 Å². The maximum absolute atomic E-state index is 14.0. The molecular formula is C40H44F2N6O4. The van der Waals surface area contributed by atoms with Crippen LogP contribution in [0.1, 0.15) is 48.1 Å². The van der Waals surface area contributed by atoms with Crippen molar-refractivity contribution < 1.29 is 23.0 Å². The fourth-order valence-corrected chi connectivity index (χ4v) is 7.75. The predicted octanol–water partition coefficient (Wildman–Crippen LogP) is 5.18. The van der Waals surface area contributed by atoms with Gasteiger partial charge in [0.1, 0.15) is 29.2 Å². The molecule has 0 radical (unpaired) electrons. The largest absolute Gasteiger partial charge is 0.465 e. The van der Waals surface area contributed by atoms with Crippen molar-refractivity contribution in [2.24, 2.45) is 10.9 Å². The van der Waals surface area contributed by atoms with Gasteiger partial charge in [0, 0.05) is 69.6 Å². The van der Waals surface area contributed by atoms with E-state index in [1.165, 1.54) is 24.3 Å². The second-order valence-corrected chi connectivity index (χ2v) is 13.5. The van der Waals surface area contributed by atoms with Gasteiger partial charge in [-0.15, -0.1) is 0 Å². The van der Waals surface area contributed by atoms with E-state index < -0.39 is 17.5 Å². The third-order valence-electron chi connectivity index (χ3n) is 10.3. The van der Waals surface area contributed by atoms with Crippen molar-refractivity contribution in [3.63, 3.8) is 0 Å². The minimum absolute atomic E-state index is 0.229. The number of halogens is 2. The number of benzene rings is 3. The van der Waals surface area contributed by atoms with Crippen LogP contribution in [-0.2, 0) is 20.8 Å². The Morgan fingerprint density at radius 2 is 1.48 bits per heavy atom. The molecule has 2 saturated heterocycles. The summed E-state index contributed by atoms with van der Waals surface area (Å²) in [4.78, 5) is 44.2. The van der Waals surface area contributed by atoms with Gasteiger partial charge in [-0.25, -0.2) is 18.6 Å². The highest BCUT2D eigenvalue weighted by Crippen LogP contribution is 2.46. The van der Waals surface area contributed by atoms with E-state index in [-0.39, 0.29) is 30.3 Å². The lowest BCUT2D eigenvalue weighted by atomic mass is 9.76. The first kappa shape index (κ1) is 35.6. The van der Waals surface area contributed by atoms with Gasteiger partial charge < -0.3 is 14.4 Å². The zero-order valence-electron chi connectivity index (χ0n) is 29.6. The lowest BCUT2D eigenvalue weighted by Crippen LogP contribution is -2.49. The molecule has 0 N–H and O–H groups in total. The molecule has 52 heavy (non-hydrogen) atoms. The highest BCUT2D eigenvalue weighted by Gasteiger charge is 2.43. The monoisotopic (exact) mass is 710 g/mol. The van der Waals surface area contributed by atoms with Crippen molar-refractivity contribution in [3.05, 3.63) is 123 Å². The van der Waals surface area contributed by atoms with Crippen molar-refractivity contribution in [2.45, 2.75) is 32.4 Å². The average Bonchev–Trinajstić information content (AvgIpc) is 3.16. The van der Waals surface area contributed by atoms with E-state index in [1.54, 1.807) is 35.8 Å². The van der Waals surface area contributed by atoms with E-state index in [4.69, 9.17) is 19.5 Å². The Kier molecular flexibility index (Phi) is 10.9. The van der Waals surface area contributed by atoms with Gasteiger partial charge in [0.2, 0.25) is 0 Å². The van der Waals surface area contributed by atoms with Crippen LogP contribution < -0.4 is 10.6 Å². The Hall–Kier alpha value is -4.78. The van der Waals surface area contributed by atoms with Gasteiger partial charge in [-0.05, 0) is 54.8 Å². The summed E-state index contributed by atoms with van der Waals surface area (Å²) in [6, 6.07) is 22.4. The molecule has 2 atom stereocenters. The van der Waals surface area contributed by atoms with Crippen LogP contribution in [0.15, 0.2) is 88.6 Å². The van der Waals surface area contributed by atoms with Gasteiger partial charge in [0.15, 0.2) is 0 Å². The second kappa shape index (κ2) is 15.9. The summed E-state index contributed by atoms with van der Waals surface area (Å²) in [5, 5.41) is 0. The molecule has 3 aromatic carbocycles. The molecule has 3 aliphatic heterocycles. The van der Waals surface area contributed by atoms with E-state index in [0.717, 1.165) is 35.3 Å². The average molecular weight is 711 g/mol. The van der Waals surface area contributed by atoms with Crippen molar-refractivity contribution in [2.75, 3.05) is 70.5 Å². The quantitative estimate of drug-likeness (QED) is 0.208. The van der Waals surface area contributed by atoms with Crippen LogP contribution in [0, 0.1) is 17.6 Å². The number of rotatable bonds is 10. The Bertz CT molecular complexity index is 1890. The molecule has 0 aliphatic carbocycles. The fraction of sp³-hybridized carbons (Fsp3) is 0.400. The van der Waals surface area contributed by atoms with Gasteiger partial charge in [-0.1, -0.05) is 54.6 Å². The maximum atomic E-state index is 14.0. The van der Waals surface area contributed by atoms with Gasteiger partial charge in [-0.3, -0.25) is 19.2 Å². The van der Waals surface area contributed by atoms with Gasteiger partial charge in [0.25, 0.3) is 0 Å². The number of aromatic nitrogens is 2. The standard InChI is InChI=1S/C40H44F2N6O4/c1-3-52-39(49)33-27(2)43-38-35(34(33)28-7-5-4-6-8-28)37(44-40(50)48(38)22-17-45-23-25-51-26-24-45)47-20-18-46(19-21-47)36(29-9-13-31(41)14-10-29)30-11-15-32(42)16-12-30/h4-16,33-34,36H,3,17-26H2,1-2H3. The lowest BCUT2D eigenvalue weighted by molar-refractivity contribution is -0.146. The number of esters is 1. The number of carbonyl (C=O) groups excluding carboxylic acids is 1. The second-order valence-electron chi connectivity index (χ2n) is 13.5. The highest BCUT2D eigenvalue weighted by molar-refractivity contribution is 6.05. The molecule has 0 saturated carbocycles. The summed E-state index contributed by atoms with van der Waals surface area (Å²) < 4.78 is 40.8. The maximum Gasteiger partial charge on any atom is 0.351 e. The molecule has 3 aliphatic rings. The number of morpholine rings is 1. The van der Waals surface area contributed by atoms with Crippen LogP contribution in [0.25, 0.3) is 0 Å². The van der Waals surface area contributed by atoms with E-state index >= 15 is 0 Å². The Morgan fingerprint density at radius 1 is 0.865 bits per heavy atom. The van der Waals surface area contributed by atoms with Crippen molar-refractivity contribution in [1.29, 1.82) is 0 Å². The summed E-state index contributed by atoms with van der Waals surface area (Å²) in [5.74, 6) is -1.18. The number of piperazine rings is 1. The number of anilines is 1. The number of carbonyl (C=O) groups is 1. The van der Waals surface area contributed by atoms with Gasteiger partial charge in [0.05, 0.1) is 25.9 Å². The normalized spacial score (nSPS) is 19.7. The number of nitrogens with zero attached hydrogens (tertiary/aromatic N) is 6. The number of hydrogen-bond donors (Lipinski definition) is 0. The molecule has 7 rings (SSSR count). The summed E-state index contributed by atoms with van der Waals surface area (Å²) in [6.45, 7) is 9.93. The molecule has 1 aromatic heterocycles. The number of fused-ring (bicyclic) bond motifs is 1. The summed E-state index contributed by atoms with van der Waals surface area (Å²) in [6.07, 6.45) is 0. The number of aliphatic imine (C=N–C) groups is 1. The lowest BCUT2D eigenvalue weighted by Gasteiger charge is -2.42. The zero-order valence-corrected chi connectivity index (χ0v) is 29.6. The topological polar surface area (TPSA) is 92.5 Å². The first-order chi connectivity index (χ1) is 25.3. The first-order valence-electron chi connectivity index (χ1n) is 18.0. The van der Waals surface area contributed by atoms with Crippen LogP contribution in [0.5, 0.6) is 0 Å². The third kappa shape index (κ3) is 7.41. The molecule has 0 spiro atoms.